The molecule has 9 heteroatoms. The fourth-order valence-corrected chi connectivity index (χ4v) is 4.95. The standard InChI is InChI=1S/C24H31N7O2/c25-17-9-11-18(12-10-17)28-24-29-21(26-13-15-5-7-16(8-6-15)23(32)33)20-22(30-24)31(14-27-20)19-3-1-2-4-19/h5-8,14,17-19H,1-4,9-13,25H2,(H,32,33)(H2,26,28,29,30). The Hall–Kier alpha value is -3.20. The number of hydrogen-bond acceptors (Lipinski definition) is 7. The minimum absolute atomic E-state index is 0.275. The van der Waals surface area contributed by atoms with Crippen LogP contribution in [0.3, 0.4) is 0 Å². The first-order valence-electron chi connectivity index (χ1n) is 11.9. The van der Waals surface area contributed by atoms with E-state index in [1.807, 2.05) is 18.5 Å². The maximum atomic E-state index is 11.1. The normalized spacial score (nSPS) is 21.4. The highest BCUT2D eigenvalue weighted by atomic mass is 16.4. The number of nitrogens with one attached hydrogen (secondary N) is 2. The highest BCUT2D eigenvalue weighted by Crippen LogP contribution is 2.33. The second-order valence-electron chi connectivity index (χ2n) is 9.27. The molecule has 2 aliphatic carbocycles. The van der Waals surface area contributed by atoms with Crippen molar-refractivity contribution < 1.29 is 9.90 Å². The number of nitrogens with two attached hydrogens (primary N) is 1. The molecule has 5 N–H and O–H groups in total. The SMILES string of the molecule is NC1CCC(Nc2nc(NCc3ccc(C(=O)O)cc3)c3ncn(C4CCCC4)c3n2)CC1. The Labute approximate surface area is 192 Å². The number of aromatic nitrogens is 4. The third kappa shape index (κ3) is 4.78. The average Bonchev–Trinajstić information content (AvgIpc) is 3.49. The van der Waals surface area contributed by atoms with Crippen LogP contribution >= 0.6 is 0 Å². The number of rotatable bonds is 7. The maximum Gasteiger partial charge on any atom is 0.335 e. The van der Waals surface area contributed by atoms with E-state index in [0.29, 0.717) is 36.4 Å². The van der Waals surface area contributed by atoms with Crippen LogP contribution in [0, 0.1) is 0 Å². The molecule has 2 saturated carbocycles. The summed E-state index contributed by atoms with van der Waals surface area (Å²) < 4.78 is 2.21. The summed E-state index contributed by atoms with van der Waals surface area (Å²) in [5.74, 6) is 0.379. The third-order valence-electron chi connectivity index (χ3n) is 6.91. The molecule has 0 radical (unpaired) electrons. The monoisotopic (exact) mass is 449 g/mol. The van der Waals surface area contributed by atoms with Crippen molar-refractivity contribution in [3.8, 4) is 0 Å². The molecule has 0 amide bonds. The lowest BCUT2D eigenvalue weighted by molar-refractivity contribution is 0.0697. The first-order chi connectivity index (χ1) is 16.1. The zero-order chi connectivity index (χ0) is 22.8. The highest BCUT2D eigenvalue weighted by Gasteiger charge is 2.23. The molecular formula is C24H31N7O2. The van der Waals surface area contributed by atoms with Crippen molar-refractivity contribution in [2.45, 2.75) is 76.0 Å². The van der Waals surface area contributed by atoms with E-state index in [1.54, 1.807) is 12.1 Å². The van der Waals surface area contributed by atoms with Crippen LogP contribution in [-0.2, 0) is 6.54 Å². The van der Waals surface area contributed by atoms with E-state index in [-0.39, 0.29) is 5.56 Å². The summed E-state index contributed by atoms with van der Waals surface area (Å²) in [6.45, 7) is 0.514. The van der Waals surface area contributed by atoms with Gasteiger partial charge >= 0.3 is 5.97 Å². The largest absolute Gasteiger partial charge is 0.478 e. The molecule has 2 aromatic heterocycles. The molecule has 2 heterocycles. The van der Waals surface area contributed by atoms with Crippen molar-refractivity contribution >= 4 is 28.9 Å². The second kappa shape index (κ2) is 9.35. The molecule has 0 bridgehead atoms. The van der Waals surface area contributed by atoms with Gasteiger partial charge in [0.15, 0.2) is 17.0 Å². The van der Waals surface area contributed by atoms with Crippen molar-refractivity contribution in [2.24, 2.45) is 5.73 Å². The Balaban J connectivity index is 1.41. The minimum atomic E-state index is -0.927. The van der Waals surface area contributed by atoms with E-state index in [9.17, 15) is 4.79 Å². The van der Waals surface area contributed by atoms with Crippen molar-refractivity contribution in [1.82, 2.24) is 19.5 Å². The van der Waals surface area contributed by atoms with Crippen LogP contribution in [0.15, 0.2) is 30.6 Å². The number of benzene rings is 1. The lowest BCUT2D eigenvalue weighted by Gasteiger charge is -2.27. The van der Waals surface area contributed by atoms with Gasteiger partial charge in [-0.3, -0.25) is 0 Å². The number of carbonyl (C=O) groups is 1. The molecule has 0 saturated heterocycles. The molecule has 2 aliphatic rings. The molecule has 1 aromatic carbocycles. The molecular weight excluding hydrogens is 418 g/mol. The Morgan fingerprint density at radius 1 is 1.06 bits per heavy atom. The molecule has 174 valence electrons. The molecule has 0 atom stereocenters. The average molecular weight is 450 g/mol. The molecule has 0 aliphatic heterocycles. The van der Waals surface area contributed by atoms with Gasteiger partial charge in [-0.15, -0.1) is 0 Å². The molecule has 2 fully saturated rings. The first-order valence-corrected chi connectivity index (χ1v) is 11.9. The van der Waals surface area contributed by atoms with Crippen molar-refractivity contribution in [3.05, 3.63) is 41.7 Å². The highest BCUT2D eigenvalue weighted by molar-refractivity contribution is 5.87. The van der Waals surface area contributed by atoms with E-state index in [2.05, 4.69) is 20.2 Å². The van der Waals surface area contributed by atoms with Gasteiger partial charge in [-0.05, 0) is 56.2 Å². The number of nitrogens with zero attached hydrogens (tertiary/aromatic N) is 4. The van der Waals surface area contributed by atoms with E-state index >= 15 is 0 Å². The summed E-state index contributed by atoms with van der Waals surface area (Å²) in [7, 11) is 0. The number of fused-ring (bicyclic) bond motifs is 1. The topological polar surface area (TPSA) is 131 Å². The molecule has 0 spiro atoms. The Kier molecular flexibility index (Phi) is 6.13. The Morgan fingerprint density at radius 2 is 1.79 bits per heavy atom. The van der Waals surface area contributed by atoms with Gasteiger partial charge in [0.05, 0.1) is 11.9 Å². The van der Waals surface area contributed by atoms with Crippen LogP contribution in [0.2, 0.25) is 0 Å². The van der Waals surface area contributed by atoms with Crippen molar-refractivity contribution in [2.75, 3.05) is 10.6 Å². The lowest BCUT2D eigenvalue weighted by atomic mass is 9.92. The number of carboxylic acids is 1. The van der Waals surface area contributed by atoms with Gasteiger partial charge in [-0.1, -0.05) is 25.0 Å². The predicted molar refractivity (Wildman–Crippen MR) is 127 cm³/mol. The number of hydrogen-bond donors (Lipinski definition) is 4. The van der Waals surface area contributed by atoms with Gasteiger partial charge in [0.2, 0.25) is 5.95 Å². The van der Waals surface area contributed by atoms with Crippen LogP contribution in [0.25, 0.3) is 11.2 Å². The van der Waals surface area contributed by atoms with Crippen LogP contribution in [0.4, 0.5) is 11.8 Å². The van der Waals surface area contributed by atoms with Gasteiger partial charge in [0.1, 0.15) is 0 Å². The van der Waals surface area contributed by atoms with Crippen molar-refractivity contribution in [3.63, 3.8) is 0 Å². The molecule has 0 unspecified atom stereocenters. The van der Waals surface area contributed by atoms with Gasteiger partial charge in [-0.25, -0.2) is 9.78 Å². The van der Waals surface area contributed by atoms with Crippen LogP contribution in [0.1, 0.15) is 73.3 Å². The van der Waals surface area contributed by atoms with E-state index in [0.717, 1.165) is 55.3 Å². The number of anilines is 2. The maximum absolute atomic E-state index is 11.1. The Bertz CT molecular complexity index is 1110. The summed E-state index contributed by atoms with van der Waals surface area (Å²) in [5.41, 5.74) is 8.94. The van der Waals surface area contributed by atoms with Gasteiger partial charge in [0.25, 0.3) is 0 Å². The summed E-state index contributed by atoms with van der Waals surface area (Å²) in [6, 6.07) is 7.91. The van der Waals surface area contributed by atoms with E-state index < -0.39 is 5.97 Å². The predicted octanol–water partition coefficient (Wildman–Crippen LogP) is 3.93. The summed E-state index contributed by atoms with van der Waals surface area (Å²) in [5, 5.41) is 16.1. The third-order valence-corrected chi connectivity index (χ3v) is 6.91. The Morgan fingerprint density at radius 3 is 2.48 bits per heavy atom. The van der Waals surface area contributed by atoms with Crippen molar-refractivity contribution in [1.29, 1.82) is 0 Å². The van der Waals surface area contributed by atoms with Gasteiger partial charge < -0.3 is 26.0 Å². The summed E-state index contributed by atoms with van der Waals surface area (Å²) in [4.78, 5) is 25.4. The number of imidazole rings is 1. The summed E-state index contributed by atoms with van der Waals surface area (Å²) >= 11 is 0. The second-order valence-corrected chi connectivity index (χ2v) is 9.27. The smallest absolute Gasteiger partial charge is 0.335 e. The van der Waals surface area contributed by atoms with Crippen LogP contribution in [0.5, 0.6) is 0 Å². The quantitative estimate of drug-likeness (QED) is 0.427. The summed E-state index contributed by atoms with van der Waals surface area (Å²) in [6.07, 6.45) is 10.7. The van der Waals surface area contributed by atoms with E-state index in [4.69, 9.17) is 20.8 Å². The van der Waals surface area contributed by atoms with Gasteiger partial charge in [-0.2, -0.15) is 9.97 Å². The fourth-order valence-electron chi connectivity index (χ4n) is 4.95. The lowest BCUT2D eigenvalue weighted by Crippen LogP contribution is -2.33. The minimum Gasteiger partial charge on any atom is -0.478 e. The van der Waals surface area contributed by atoms with Gasteiger partial charge in [0, 0.05) is 24.7 Å². The number of aromatic carboxylic acids is 1. The van der Waals surface area contributed by atoms with Crippen LogP contribution in [-0.4, -0.2) is 42.7 Å². The fraction of sp³-hybridized carbons (Fsp3) is 0.500. The van der Waals surface area contributed by atoms with E-state index in [1.165, 1.54) is 12.8 Å². The molecule has 5 rings (SSSR count). The molecule has 33 heavy (non-hydrogen) atoms. The number of carboxylic acid groups (broad SMARTS) is 1. The molecule has 3 aromatic rings. The zero-order valence-electron chi connectivity index (χ0n) is 18.7. The molecule has 9 nitrogen and oxygen atoms in total. The first kappa shape index (κ1) is 21.6. The van der Waals surface area contributed by atoms with Crippen LogP contribution < -0.4 is 16.4 Å². The zero-order valence-corrected chi connectivity index (χ0v) is 18.7.